The first-order valence-corrected chi connectivity index (χ1v) is 4.86. The Balaban J connectivity index is 2.53. The van der Waals surface area contributed by atoms with Crippen molar-refractivity contribution < 1.29 is 4.74 Å². The molecule has 15 heavy (non-hydrogen) atoms. The summed E-state index contributed by atoms with van der Waals surface area (Å²) in [5.41, 5.74) is 3.22. The summed E-state index contributed by atoms with van der Waals surface area (Å²) in [4.78, 5) is 0. The largest absolute Gasteiger partial charge is 0.496 e. The molecule has 0 aliphatic rings. The van der Waals surface area contributed by atoms with Gasteiger partial charge in [0, 0.05) is 24.4 Å². The molecular formula is C12H14N2O. The Morgan fingerprint density at radius 1 is 1.27 bits per heavy atom. The van der Waals surface area contributed by atoms with Gasteiger partial charge in [0.2, 0.25) is 0 Å². The van der Waals surface area contributed by atoms with E-state index in [-0.39, 0.29) is 0 Å². The first-order valence-electron chi connectivity index (χ1n) is 4.86. The van der Waals surface area contributed by atoms with Gasteiger partial charge in [-0.2, -0.15) is 5.10 Å². The molecule has 1 aromatic carbocycles. The van der Waals surface area contributed by atoms with Gasteiger partial charge in [-0.3, -0.25) is 4.68 Å². The maximum atomic E-state index is 5.28. The summed E-state index contributed by atoms with van der Waals surface area (Å²) in [6, 6.07) is 8.00. The monoisotopic (exact) mass is 202 g/mol. The van der Waals surface area contributed by atoms with E-state index in [2.05, 4.69) is 11.2 Å². The van der Waals surface area contributed by atoms with Gasteiger partial charge in [0.1, 0.15) is 5.75 Å². The van der Waals surface area contributed by atoms with Crippen molar-refractivity contribution in [2.45, 2.75) is 6.92 Å². The molecule has 0 saturated heterocycles. The Morgan fingerprint density at radius 3 is 2.67 bits per heavy atom. The highest BCUT2D eigenvalue weighted by atomic mass is 16.5. The number of benzene rings is 1. The van der Waals surface area contributed by atoms with E-state index < -0.39 is 0 Å². The van der Waals surface area contributed by atoms with Crippen LogP contribution < -0.4 is 4.74 Å². The van der Waals surface area contributed by atoms with Crippen LogP contribution in [0.5, 0.6) is 5.75 Å². The fourth-order valence-electron chi connectivity index (χ4n) is 1.67. The maximum Gasteiger partial charge on any atom is 0.122 e. The van der Waals surface area contributed by atoms with E-state index in [1.54, 1.807) is 11.8 Å². The van der Waals surface area contributed by atoms with Crippen molar-refractivity contribution in [2.75, 3.05) is 7.11 Å². The predicted octanol–water partition coefficient (Wildman–Crippen LogP) is 2.40. The van der Waals surface area contributed by atoms with Crippen LogP contribution in [0.1, 0.15) is 5.56 Å². The molecule has 1 aromatic heterocycles. The van der Waals surface area contributed by atoms with Crippen LogP contribution in [0.2, 0.25) is 0 Å². The number of nitrogens with zero attached hydrogens (tertiary/aromatic N) is 2. The molecule has 0 aliphatic carbocycles. The van der Waals surface area contributed by atoms with Crippen LogP contribution in [0.3, 0.4) is 0 Å². The Labute approximate surface area is 89.3 Å². The molecule has 0 bridgehead atoms. The molecule has 0 fully saturated rings. The van der Waals surface area contributed by atoms with Crippen molar-refractivity contribution in [3.63, 3.8) is 0 Å². The Morgan fingerprint density at radius 2 is 2.07 bits per heavy atom. The predicted molar refractivity (Wildman–Crippen MR) is 59.9 cm³/mol. The van der Waals surface area contributed by atoms with Crippen molar-refractivity contribution in [3.8, 4) is 17.0 Å². The highest BCUT2D eigenvalue weighted by molar-refractivity contribution is 5.66. The van der Waals surface area contributed by atoms with Crippen LogP contribution in [0.4, 0.5) is 0 Å². The molecule has 0 N–H and O–H groups in total. The minimum Gasteiger partial charge on any atom is -0.496 e. The first-order chi connectivity index (χ1) is 7.22. The molecule has 3 heteroatoms. The van der Waals surface area contributed by atoms with Crippen molar-refractivity contribution in [1.82, 2.24) is 9.78 Å². The second kappa shape index (κ2) is 3.77. The summed E-state index contributed by atoms with van der Waals surface area (Å²) in [6.07, 6.45) is 1.94. The maximum absolute atomic E-state index is 5.28. The zero-order valence-corrected chi connectivity index (χ0v) is 9.19. The average molecular weight is 202 g/mol. The van der Waals surface area contributed by atoms with Gasteiger partial charge in [0.25, 0.3) is 0 Å². The van der Waals surface area contributed by atoms with Crippen LogP contribution in [0, 0.1) is 6.92 Å². The highest BCUT2D eigenvalue weighted by Crippen LogP contribution is 2.28. The Bertz CT molecular complexity index is 474. The SMILES string of the molecule is COc1cccc(-c2ccn(C)n2)c1C. The lowest BCUT2D eigenvalue weighted by molar-refractivity contribution is 0.412. The number of methoxy groups -OCH3 is 1. The molecule has 0 amide bonds. The minimum absolute atomic E-state index is 0.901. The molecule has 0 unspecified atom stereocenters. The second-order valence-electron chi connectivity index (χ2n) is 3.51. The van der Waals surface area contributed by atoms with E-state index in [0.717, 1.165) is 22.6 Å². The molecule has 2 aromatic rings. The van der Waals surface area contributed by atoms with Gasteiger partial charge >= 0.3 is 0 Å². The fraction of sp³-hybridized carbons (Fsp3) is 0.250. The molecule has 3 nitrogen and oxygen atoms in total. The van der Waals surface area contributed by atoms with E-state index in [4.69, 9.17) is 4.74 Å². The Hall–Kier alpha value is -1.77. The Kier molecular flexibility index (Phi) is 2.46. The summed E-state index contributed by atoms with van der Waals surface area (Å²) in [7, 11) is 3.60. The third-order valence-corrected chi connectivity index (χ3v) is 2.49. The topological polar surface area (TPSA) is 27.1 Å². The first kappa shape index (κ1) is 9.77. The molecule has 0 saturated carbocycles. The van der Waals surface area contributed by atoms with E-state index >= 15 is 0 Å². The van der Waals surface area contributed by atoms with E-state index in [1.807, 2.05) is 38.4 Å². The third-order valence-electron chi connectivity index (χ3n) is 2.49. The molecule has 0 spiro atoms. The van der Waals surface area contributed by atoms with Crippen molar-refractivity contribution in [1.29, 1.82) is 0 Å². The number of hydrogen-bond donors (Lipinski definition) is 0. The smallest absolute Gasteiger partial charge is 0.122 e. The molecule has 78 valence electrons. The van der Waals surface area contributed by atoms with Crippen LogP contribution in [0.15, 0.2) is 30.5 Å². The lowest BCUT2D eigenvalue weighted by Crippen LogP contribution is -1.92. The van der Waals surface area contributed by atoms with Crippen LogP contribution in [-0.2, 0) is 7.05 Å². The van der Waals surface area contributed by atoms with Crippen LogP contribution in [0.25, 0.3) is 11.3 Å². The normalized spacial score (nSPS) is 10.3. The molecule has 2 rings (SSSR count). The van der Waals surface area contributed by atoms with E-state index in [0.29, 0.717) is 0 Å². The van der Waals surface area contributed by atoms with E-state index in [1.165, 1.54) is 0 Å². The van der Waals surface area contributed by atoms with Gasteiger partial charge in [-0.05, 0) is 19.1 Å². The third kappa shape index (κ3) is 1.73. The van der Waals surface area contributed by atoms with Gasteiger partial charge in [-0.25, -0.2) is 0 Å². The zero-order valence-electron chi connectivity index (χ0n) is 9.19. The number of aryl methyl sites for hydroxylation is 1. The summed E-state index contributed by atoms with van der Waals surface area (Å²) in [5.74, 6) is 0.901. The number of ether oxygens (including phenoxy) is 1. The van der Waals surface area contributed by atoms with Gasteiger partial charge in [0.15, 0.2) is 0 Å². The van der Waals surface area contributed by atoms with Gasteiger partial charge in [-0.1, -0.05) is 12.1 Å². The molecule has 0 radical (unpaired) electrons. The number of rotatable bonds is 2. The summed E-state index contributed by atoms with van der Waals surface area (Å²) < 4.78 is 7.08. The lowest BCUT2D eigenvalue weighted by atomic mass is 10.1. The standard InChI is InChI=1S/C12H14N2O/c1-9-10(5-4-6-12(9)15-3)11-7-8-14(2)13-11/h4-8H,1-3H3. The number of aromatic nitrogens is 2. The average Bonchev–Trinajstić information content (AvgIpc) is 2.65. The van der Waals surface area contributed by atoms with Crippen LogP contribution in [-0.4, -0.2) is 16.9 Å². The minimum atomic E-state index is 0.901. The van der Waals surface area contributed by atoms with Crippen LogP contribution >= 0.6 is 0 Å². The quantitative estimate of drug-likeness (QED) is 0.747. The van der Waals surface area contributed by atoms with Crippen molar-refractivity contribution in [2.24, 2.45) is 7.05 Å². The number of hydrogen-bond acceptors (Lipinski definition) is 2. The summed E-state index contributed by atoms with van der Waals surface area (Å²) in [6.45, 7) is 2.04. The molecular weight excluding hydrogens is 188 g/mol. The van der Waals surface area contributed by atoms with Gasteiger partial charge in [-0.15, -0.1) is 0 Å². The van der Waals surface area contributed by atoms with E-state index in [9.17, 15) is 0 Å². The van der Waals surface area contributed by atoms with Gasteiger partial charge < -0.3 is 4.74 Å². The zero-order chi connectivity index (χ0) is 10.8. The summed E-state index contributed by atoms with van der Waals surface area (Å²) in [5, 5.41) is 4.38. The molecule has 1 heterocycles. The summed E-state index contributed by atoms with van der Waals surface area (Å²) >= 11 is 0. The molecule has 0 atom stereocenters. The van der Waals surface area contributed by atoms with Crippen molar-refractivity contribution >= 4 is 0 Å². The fourth-order valence-corrected chi connectivity index (χ4v) is 1.67. The highest BCUT2D eigenvalue weighted by Gasteiger charge is 2.07. The molecule has 0 aliphatic heterocycles. The van der Waals surface area contributed by atoms with Crippen molar-refractivity contribution in [3.05, 3.63) is 36.0 Å². The second-order valence-corrected chi connectivity index (χ2v) is 3.51. The van der Waals surface area contributed by atoms with Gasteiger partial charge in [0.05, 0.1) is 12.8 Å². The lowest BCUT2D eigenvalue weighted by Gasteiger charge is -2.07.